The summed E-state index contributed by atoms with van der Waals surface area (Å²) >= 11 is 0. The number of benzene rings is 1. The standard InChI is InChI=1S/C20H30N4O3.ClH/c1-14(2)19(21)20(27)22-13-17(25)23-16-8-5-15(6-9-16)7-10-18(26)24-11-3-4-12-24;/h5-6,8-9,14,19H,3-4,7,10-13,21H2,1-2H3,(H,22,27)(H,23,25);1H/t19-;/m0./s1. The van der Waals surface area contributed by atoms with Crippen molar-refractivity contribution < 1.29 is 14.4 Å². The molecule has 156 valence electrons. The predicted octanol–water partition coefficient (Wildman–Crippen LogP) is 1.70. The Bertz CT molecular complexity index is 658. The van der Waals surface area contributed by atoms with E-state index in [0.29, 0.717) is 18.5 Å². The van der Waals surface area contributed by atoms with E-state index in [4.69, 9.17) is 5.73 Å². The van der Waals surface area contributed by atoms with Gasteiger partial charge in [-0.2, -0.15) is 0 Å². The number of carbonyl (C=O) groups excluding carboxylic acids is 3. The third-order valence-electron chi connectivity index (χ3n) is 4.77. The fourth-order valence-electron chi connectivity index (χ4n) is 2.92. The molecule has 3 amide bonds. The molecular weight excluding hydrogens is 380 g/mol. The van der Waals surface area contributed by atoms with Gasteiger partial charge < -0.3 is 21.3 Å². The number of hydrogen-bond donors (Lipinski definition) is 3. The van der Waals surface area contributed by atoms with Crippen molar-refractivity contribution in [2.45, 2.75) is 45.6 Å². The molecule has 1 aliphatic rings. The Morgan fingerprint density at radius 3 is 2.29 bits per heavy atom. The average Bonchev–Trinajstić information content (AvgIpc) is 3.19. The lowest BCUT2D eigenvalue weighted by atomic mass is 10.1. The van der Waals surface area contributed by atoms with Gasteiger partial charge in [-0.05, 0) is 42.9 Å². The summed E-state index contributed by atoms with van der Waals surface area (Å²) in [5.41, 5.74) is 7.44. The van der Waals surface area contributed by atoms with Gasteiger partial charge in [0.05, 0.1) is 12.6 Å². The molecule has 0 aliphatic carbocycles. The summed E-state index contributed by atoms with van der Waals surface area (Å²) in [6.45, 7) is 5.34. The molecule has 1 aromatic carbocycles. The van der Waals surface area contributed by atoms with Gasteiger partial charge in [0.25, 0.3) is 0 Å². The van der Waals surface area contributed by atoms with Crippen LogP contribution in [0.25, 0.3) is 0 Å². The maximum absolute atomic E-state index is 12.1. The third-order valence-corrected chi connectivity index (χ3v) is 4.77. The van der Waals surface area contributed by atoms with Crippen molar-refractivity contribution in [2.75, 3.05) is 25.0 Å². The molecule has 0 spiro atoms. The van der Waals surface area contributed by atoms with E-state index in [9.17, 15) is 14.4 Å². The Balaban J connectivity index is 0.00000392. The first-order valence-corrected chi connectivity index (χ1v) is 9.56. The Hall–Kier alpha value is -2.12. The number of anilines is 1. The predicted molar refractivity (Wildman–Crippen MR) is 112 cm³/mol. The van der Waals surface area contributed by atoms with E-state index in [-0.39, 0.29) is 42.6 Å². The van der Waals surface area contributed by atoms with Crippen LogP contribution >= 0.6 is 12.4 Å². The molecule has 0 unspecified atom stereocenters. The zero-order valence-corrected chi connectivity index (χ0v) is 17.4. The average molecular weight is 411 g/mol. The first-order chi connectivity index (χ1) is 12.9. The highest BCUT2D eigenvalue weighted by molar-refractivity contribution is 5.95. The van der Waals surface area contributed by atoms with E-state index in [0.717, 1.165) is 31.5 Å². The van der Waals surface area contributed by atoms with Crippen molar-refractivity contribution >= 4 is 35.8 Å². The lowest BCUT2D eigenvalue weighted by Crippen LogP contribution is -2.46. The van der Waals surface area contributed by atoms with E-state index in [1.54, 1.807) is 12.1 Å². The van der Waals surface area contributed by atoms with Gasteiger partial charge in [0.2, 0.25) is 17.7 Å². The molecule has 8 heteroatoms. The number of nitrogens with one attached hydrogen (secondary N) is 2. The molecule has 7 nitrogen and oxygen atoms in total. The van der Waals surface area contributed by atoms with Gasteiger partial charge in [-0.3, -0.25) is 14.4 Å². The SMILES string of the molecule is CC(C)[C@H](N)C(=O)NCC(=O)Nc1ccc(CCC(=O)N2CCCC2)cc1.Cl. The van der Waals surface area contributed by atoms with Crippen LogP contribution in [-0.4, -0.2) is 48.3 Å². The smallest absolute Gasteiger partial charge is 0.243 e. The van der Waals surface area contributed by atoms with Crippen LogP contribution in [-0.2, 0) is 20.8 Å². The molecule has 0 aromatic heterocycles. The van der Waals surface area contributed by atoms with Gasteiger partial charge in [0, 0.05) is 25.2 Å². The van der Waals surface area contributed by atoms with Crippen LogP contribution in [0.1, 0.15) is 38.7 Å². The minimum absolute atomic E-state index is 0. The summed E-state index contributed by atoms with van der Waals surface area (Å²) in [6, 6.07) is 6.78. The van der Waals surface area contributed by atoms with Gasteiger partial charge >= 0.3 is 0 Å². The molecule has 0 saturated carbocycles. The molecule has 4 N–H and O–H groups in total. The Morgan fingerprint density at radius 2 is 1.71 bits per heavy atom. The first-order valence-electron chi connectivity index (χ1n) is 9.56. The summed E-state index contributed by atoms with van der Waals surface area (Å²) in [5.74, 6) is -0.424. The number of rotatable bonds is 8. The topological polar surface area (TPSA) is 105 Å². The maximum atomic E-state index is 12.1. The van der Waals surface area contributed by atoms with Crippen LogP contribution in [0.3, 0.4) is 0 Å². The quantitative estimate of drug-likeness (QED) is 0.606. The minimum Gasteiger partial charge on any atom is -0.346 e. The largest absolute Gasteiger partial charge is 0.346 e. The Labute approximate surface area is 172 Å². The highest BCUT2D eigenvalue weighted by Crippen LogP contribution is 2.14. The second kappa shape index (κ2) is 11.7. The number of halogens is 1. The van der Waals surface area contributed by atoms with E-state index in [1.807, 2.05) is 30.9 Å². The van der Waals surface area contributed by atoms with Crippen LogP contribution in [0.15, 0.2) is 24.3 Å². The molecular formula is C20H31ClN4O3. The number of amides is 3. The van der Waals surface area contributed by atoms with E-state index >= 15 is 0 Å². The molecule has 2 rings (SSSR count). The van der Waals surface area contributed by atoms with Gasteiger partial charge in [0.1, 0.15) is 0 Å². The number of likely N-dealkylation sites (tertiary alicyclic amines) is 1. The summed E-state index contributed by atoms with van der Waals surface area (Å²) in [4.78, 5) is 37.7. The van der Waals surface area contributed by atoms with Gasteiger partial charge in [-0.25, -0.2) is 0 Å². The zero-order chi connectivity index (χ0) is 19.8. The number of hydrogen-bond acceptors (Lipinski definition) is 4. The summed E-state index contributed by atoms with van der Waals surface area (Å²) < 4.78 is 0. The normalized spacial score (nSPS) is 14.4. The highest BCUT2D eigenvalue weighted by atomic mass is 35.5. The van der Waals surface area contributed by atoms with Crippen molar-refractivity contribution in [3.63, 3.8) is 0 Å². The Morgan fingerprint density at radius 1 is 1.11 bits per heavy atom. The number of nitrogens with zero attached hydrogens (tertiary/aromatic N) is 1. The van der Waals surface area contributed by atoms with E-state index in [2.05, 4.69) is 10.6 Å². The van der Waals surface area contributed by atoms with Gasteiger partial charge in [-0.1, -0.05) is 26.0 Å². The second-order valence-electron chi connectivity index (χ2n) is 7.32. The van der Waals surface area contributed by atoms with E-state index < -0.39 is 6.04 Å². The van der Waals surface area contributed by atoms with Gasteiger partial charge in [-0.15, -0.1) is 12.4 Å². The zero-order valence-electron chi connectivity index (χ0n) is 16.6. The van der Waals surface area contributed by atoms with Crippen LogP contribution in [0.2, 0.25) is 0 Å². The molecule has 1 atom stereocenters. The molecule has 28 heavy (non-hydrogen) atoms. The minimum atomic E-state index is -0.625. The van der Waals surface area contributed by atoms with Crippen molar-refractivity contribution in [1.29, 1.82) is 0 Å². The monoisotopic (exact) mass is 410 g/mol. The lowest BCUT2D eigenvalue weighted by molar-refractivity contribution is -0.130. The fraction of sp³-hybridized carbons (Fsp3) is 0.550. The summed E-state index contributed by atoms with van der Waals surface area (Å²) in [5, 5.41) is 5.27. The third kappa shape index (κ3) is 7.48. The molecule has 0 bridgehead atoms. The Kier molecular flexibility index (Phi) is 9.96. The lowest BCUT2D eigenvalue weighted by Gasteiger charge is -2.15. The second-order valence-corrected chi connectivity index (χ2v) is 7.32. The van der Waals surface area contributed by atoms with Crippen molar-refractivity contribution in [3.8, 4) is 0 Å². The van der Waals surface area contributed by atoms with Crippen molar-refractivity contribution in [3.05, 3.63) is 29.8 Å². The van der Waals surface area contributed by atoms with E-state index in [1.165, 1.54) is 0 Å². The van der Waals surface area contributed by atoms with Crippen LogP contribution in [0.4, 0.5) is 5.69 Å². The molecule has 1 heterocycles. The number of aryl methyl sites for hydroxylation is 1. The van der Waals surface area contributed by atoms with Crippen molar-refractivity contribution in [1.82, 2.24) is 10.2 Å². The molecule has 0 radical (unpaired) electrons. The first kappa shape index (κ1) is 23.9. The molecule has 1 saturated heterocycles. The molecule has 1 aliphatic heterocycles. The molecule has 1 fully saturated rings. The highest BCUT2D eigenvalue weighted by Gasteiger charge is 2.18. The molecule has 1 aromatic rings. The van der Waals surface area contributed by atoms with Crippen LogP contribution < -0.4 is 16.4 Å². The van der Waals surface area contributed by atoms with Crippen LogP contribution in [0.5, 0.6) is 0 Å². The number of carbonyl (C=O) groups is 3. The number of nitrogens with two attached hydrogens (primary N) is 1. The fourth-order valence-corrected chi connectivity index (χ4v) is 2.92. The van der Waals surface area contributed by atoms with Crippen LogP contribution in [0, 0.1) is 5.92 Å². The summed E-state index contributed by atoms with van der Waals surface area (Å²) in [7, 11) is 0. The van der Waals surface area contributed by atoms with Gasteiger partial charge in [0.15, 0.2) is 0 Å². The maximum Gasteiger partial charge on any atom is 0.243 e. The summed E-state index contributed by atoms with van der Waals surface area (Å²) in [6.07, 6.45) is 3.40. The van der Waals surface area contributed by atoms with Crippen molar-refractivity contribution in [2.24, 2.45) is 11.7 Å².